The van der Waals surface area contributed by atoms with Gasteiger partial charge in [0, 0.05) is 22.1 Å². The van der Waals surface area contributed by atoms with Crippen LogP contribution in [0.3, 0.4) is 0 Å². The van der Waals surface area contributed by atoms with Gasteiger partial charge in [-0.3, -0.25) is 19.3 Å². The first-order valence-electron chi connectivity index (χ1n) is 13.6. The Morgan fingerprint density at radius 1 is 1.02 bits per heavy atom. The monoisotopic (exact) mass is 606 g/mol. The number of nitrogens with two attached hydrogens (primary N) is 1. The molecule has 9 heteroatoms. The third-order valence-electron chi connectivity index (χ3n) is 7.80. The Morgan fingerprint density at radius 2 is 1.80 bits per heavy atom. The van der Waals surface area contributed by atoms with Crippen LogP contribution in [0.2, 0.25) is 0 Å². The van der Waals surface area contributed by atoms with Crippen molar-refractivity contribution in [2.75, 3.05) is 23.3 Å². The number of benzene rings is 3. The van der Waals surface area contributed by atoms with Crippen molar-refractivity contribution >= 4 is 45.0 Å². The molecule has 3 amide bonds. The molecule has 0 bridgehead atoms. The Bertz CT molecular complexity index is 1410. The second-order valence-electron chi connectivity index (χ2n) is 10.6. The minimum Gasteiger partial charge on any atom is -0.352 e. The summed E-state index contributed by atoms with van der Waals surface area (Å²) in [5, 5.41) is 5.92. The van der Waals surface area contributed by atoms with Gasteiger partial charge in [-0.05, 0) is 91.7 Å². The Labute approximate surface area is 241 Å². The molecule has 1 heterocycles. The van der Waals surface area contributed by atoms with Crippen LogP contribution < -0.4 is 21.3 Å². The van der Waals surface area contributed by atoms with E-state index in [-0.39, 0.29) is 24.1 Å². The molecule has 7 nitrogen and oxygen atoms in total. The van der Waals surface area contributed by atoms with E-state index in [1.165, 1.54) is 12.1 Å². The second kappa shape index (κ2) is 12.3. The third-order valence-corrected chi connectivity index (χ3v) is 8.30. The normalized spacial score (nSPS) is 20.7. The lowest BCUT2D eigenvalue weighted by Crippen LogP contribution is -2.35. The summed E-state index contributed by atoms with van der Waals surface area (Å²) in [6, 6.07) is 17.1. The number of halogens is 2. The van der Waals surface area contributed by atoms with Crippen LogP contribution in [-0.4, -0.2) is 30.8 Å². The minimum absolute atomic E-state index is 0.0361. The van der Waals surface area contributed by atoms with E-state index < -0.39 is 11.9 Å². The predicted molar refractivity (Wildman–Crippen MR) is 157 cm³/mol. The van der Waals surface area contributed by atoms with E-state index in [1.54, 1.807) is 53.4 Å². The van der Waals surface area contributed by atoms with Gasteiger partial charge in [-0.2, -0.15) is 0 Å². The number of hydrogen-bond donors (Lipinski definition) is 3. The highest BCUT2D eigenvalue weighted by molar-refractivity contribution is 9.10. The van der Waals surface area contributed by atoms with Crippen molar-refractivity contribution in [3.05, 3.63) is 93.7 Å². The van der Waals surface area contributed by atoms with Crippen molar-refractivity contribution in [3.63, 3.8) is 0 Å². The van der Waals surface area contributed by atoms with Crippen molar-refractivity contribution in [2.24, 2.45) is 17.6 Å². The summed E-state index contributed by atoms with van der Waals surface area (Å²) in [6.45, 7) is 1.24. The van der Waals surface area contributed by atoms with E-state index in [0.717, 1.165) is 30.2 Å². The number of carbonyl (C=O) groups excluding carboxylic acids is 3. The maximum absolute atomic E-state index is 14.0. The molecule has 40 heavy (non-hydrogen) atoms. The van der Waals surface area contributed by atoms with E-state index in [9.17, 15) is 18.8 Å². The molecule has 0 radical (unpaired) electrons. The number of carbonyl (C=O) groups is 3. The van der Waals surface area contributed by atoms with Gasteiger partial charge < -0.3 is 16.4 Å². The molecule has 3 aromatic carbocycles. The maximum Gasteiger partial charge on any atom is 0.258 e. The molecule has 1 aliphatic heterocycles. The fourth-order valence-electron chi connectivity index (χ4n) is 5.73. The number of nitrogens with zero attached hydrogens (tertiary/aromatic N) is 1. The molecule has 3 unspecified atom stereocenters. The molecule has 1 fully saturated rings. The SMILES string of the molecule is NCC1CCCC(CNC(=O)c2ccc3c(c2)NC(=O)CC(c2ccc(F)cc2)N3C(=O)c2cccc(Br)c2)C1. The van der Waals surface area contributed by atoms with Gasteiger partial charge in [0.05, 0.1) is 23.8 Å². The molecular weight excluding hydrogens is 575 g/mol. The summed E-state index contributed by atoms with van der Waals surface area (Å²) in [5.74, 6) is -0.390. The summed E-state index contributed by atoms with van der Waals surface area (Å²) in [6.07, 6.45) is 4.29. The summed E-state index contributed by atoms with van der Waals surface area (Å²) >= 11 is 3.43. The highest BCUT2D eigenvalue weighted by atomic mass is 79.9. The summed E-state index contributed by atoms with van der Waals surface area (Å²) in [5.41, 5.74) is 8.12. The van der Waals surface area contributed by atoms with Crippen molar-refractivity contribution < 1.29 is 18.8 Å². The molecule has 1 aliphatic carbocycles. The number of rotatable bonds is 6. The van der Waals surface area contributed by atoms with Crippen molar-refractivity contribution in [2.45, 2.75) is 38.1 Å². The fourth-order valence-corrected chi connectivity index (χ4v) is 6.13. The Morgan fingerprint density at radius 3 is 2.55 bits per heavy atom. The van der Waals surface area contributed by atoms with Crippen LogP contribution in [0.4, 0.5) is 15.8 Å². The first-order valence-corrected chi connectivity index (χ1v) is 14.4. The van der Waals surface area contributed by atoms with Crippen LogP contribution in [0.25, 0.3) is 0 Å². The van der Waals surface area contributed by atoms with E-state index in [2.05, 4.69) is 26.6 Å². The zero-order valence-corrected chi connectivity index (χ0v) is 23.6. The summed E-state index contributed by atoms with van der Waals surface area (Å²) in [7, 11) is 0. The lowest BCUT2D eigenvalue weighted by Gasteiger charge is -2.31. The maximum atomic E-state index is 14.0. The van der Waals surface area contributed by atoms with Gasteiger partial charge in [-0.1, -0.05) is 40.5 Å². The van der Waals surface area contributed by atoms with E-state index in [0.29, 0.717) is 53.0 Å². The van der Waals surface area contributed by atoms with Crippen LogP contribution in [-0.2, 0) is 4.79 Å². The predicted octanol–water partition coefficient (Wildman–Crippen LogP) is 5.81. The molecule has 4 N–H and O–H groups in total. The van der Waals surface area contributed by atoms with Crippen molar-refractivity contribution in [3.8, 4) is 0 Å². The number of nitrogens with one attached hydrogen (secondary N) is 2. The van der Waals surface area contributed by atoms with Crippen LogP contribution in [0, 0.1) is 17.7 Å². The molecule has 1 saturated carbocycles. The average molecular weight is 608 g/mol. The Kier molecular flexibility index (Phi) is 8.61. The molecule has 0 spiro atoms. The Balaban J connectivity index is 1.47. The molecule has 0 aromatic heterocycles. The molecule has 208 valence electrons. The highest BCUT2D eigenvalue weighted by Gasteiger charge is 2.35. The zero-order valence-electron chi connectivity index (χ0n) is 22.0. The van der Waals surface area contributed by atoms with Gasteiger partial charge in [-0.15, -0.1) is 0 Å². The van der Waals surface area contributed by atoms with Gasteiger partial charge in [0.25, 0.3) is 11.8 Å². The van der Waals surface area contributed by atoms with E-state index in [1.807, 2.05) is 6.07 Å². The van der Waals surface area contributed by atoms with Gasteiger partial charge >= 0.3 is 0 Å². The minimum atomic E-state index is -0.685. The standard InChI is InChI=1S/C31H32BrFN4O3/c32-24-6-2-5-23(14-24)31(40)37-27-12-9-22(30(39)35-18-20-4-1-3-19(13-20)17-34)15-26(27)36-29(38)16-28(37)21-7-10-25(33)11-8-21/h2,5-12,14-15,19-20,28H,1,3-4,13,16-18,34H2,(H,35,39)(H,36,38). The van der Waals surface area contributed by atoms with E-state index >= 15 is 0 Å². The topological polar surface area (TPSA) is 105 Å². The number of hydrogen-bond acceptors (Lipinski definition) is 4. The average Bonchev–Trinajstić information content (AvgIpc) is 3.11. The van der Waals surface area contributed by atoms with Crippen LogP contribution >= 0.6 is 15.9 Å². The number of fused-ring (bicyclic) bond motifs is 1. The number of anilines is 2. The first-order chi connectivity index (χ1) is 19.3. The molecular formula is C31H32BrFN4O3. The first kappa shape index (κ1) is 28.0. The third kappa shape index (κ3) is 6.26. The van der Waals surface area contributed by atoms with Crippen molar-refractivity contribution in [1.29, 1.82) is 0 Å². The lowest BCUT2D eigenvalue weighted by molar-refractivity contribution is -0.116. The molecule has 3 atom stereocenters. The molecule has 0 saturated heterocycles. The second-order valence-corrected chi connectivity index (χ2v) is 11.5. The van der Waals surface area contributed by atoms with Crippen LogP contribution in [0.15, 0.2) is 71.2 Å². The lowest BCUT2D eigenvalue weighted by atomic mass is 9.81. The summed E-state index contributed by atoms with van der Waals surface area (Å²) in [4.78, 5) is 41.7. The Hall–Kier alpha value is -3.56. The number of amides is 3. The van der Waals surface area contributed by atoms with Gasteiger partial charge in [0.15, 0.2) is 0 Å². The quantitative estimate of drug-likeness (QED) is 0.329. The summed E-state index contributed by atoms with van der Waals surface area (Å²) < 4.78 is 14.5. The largest absolute Gasteiger partial charge is 0.352 e. The van der Waals surface area contributed by atoms with Crippen LogP contribution in [0.5, 0.6) is 0 Å². The van der Waals surface area contributed by atoms with Crippen molar-refractivity contribution in [1.82, 2.24) is 5.32 Å². The fraction of sp³-hybridized carbons (Fsp3) is 0.323. The van der Waals surface area contributed by atoms with Gasteiger partial charge in [0.1, 0.15) is 5.82 Å². The molecule has 5 rings (SSSR count). The molecule has 2 aliphatic rings. The molecule has 3 aromatic rings. The smallest absolute Gasteiger partial charge is 0.258 e. The van der Waals surface area contributed by atoms with Gasteiger partial charge in [0.2, 0.25) is 5.91 Å². The highest BCUT2D eigenvalue weighted by Crippen LogP contribution is 2.40. The van der Waals surface area contributed by atoms with Gasteiger partial charge in [-0.25, -0.2) is 4.39 Å². The zero-order chi connectivity index (χ0) is 28.2. The van der Waals surface area contributed by atoms with Crippen LogP contribution in [0.1, 0.15) is 64.4 Å². The van der Waals surface area contributed by atoms with E-state index in [4.69, 9.17) is 5.73 Å².